The van der Waals surface area contributed by atoms with Crippen LogP contribution >= 0.6 is 11.8 Å². The summed E-state index contributed by atoms with van der Waals surface area (Å²) in [7, 11) is 0. The zero-order valence-corrected chi connectivity index (χ0v) is 15.7. The van der Waals surface area contributed by atoms with Crippen molar-refractivity contribution in [3.8, 4) is 0 Å². The summed E-state index contributed by atoms with van der Waals surface area (Å²) in [5, 5.41) is 13.5. The van der Waals surface area contributed by atoms with Crippen LogP contribution in [0.2, 0.25) is 0 Å². The van der Waals surface area contributed by atoms with Crippen LogP contribution in [-0.4, -0.2) is 28.7 Å². The molecule has 0 bridgehead atoms. The van der Waals surface area contributed by atoms with Crippen molar-refractivity contribution in [3.63, 3.8) is 0 Å². The number of ether oxygens (including phenoxy) is 1. The second-order valence-corrected chi connectivity index (χ2v) is 6.76. The van der Waals surface area contributed by atoms with Gasteiger partial charge in [0.05, 0.1) is 10.5 Å². The molecule has 0 aromatic heterocycles. The van der Waals surface area contributed by atoms with Crippen molar-refractivity contribution in [2.75, 3.05) is 5.32 Å². The Labute approximate surface area is 163 Å². The zero-order valence-electron chi connectivity index (χ0n) is 14.8. The Morgan fingerprint density at radius 2 is 1.82 bits per heavy atom. The molecule has 1 atom stereocenters. The lowest BCUT2D eigenvalue weighted by molar-refractivity contribution is -0.385. The van der Waals surface area contributed by atoms with Crippen LogP contribution in [0.5, 0.6) is 0 Å². The molecule has 0 fully saturated rings. The molecule has 2 aromatic carbocycles. The molecule has 0 radical (unpaired) electrons. The van der Waals surface area contributed by atoms with Gasteiger partial charge in [0.25, 0.3) is 17.4 Å². The summed E-state index contributed by atoms with van der Waals surface area (Å²) in [6, 6.07) is 9.61. The predicted molar refractivity (Wildman–Crippen MR) is 99.6 cm³/mol. The van der Waals surface area contributed by atoms with E-state index in [0.29, 0.717) is 27.9 Å². The summed E-state index contributed by atoms with van der Waals surface area (Å²) in [5.74, 6) is -4.06. The number of esters is 1. The highest BCUT2D eigenvalue weighted by molar-refractivity contribution is 7.99. The Bertz CT molecular complexity index is 890. The number of rotatable bonds is 7. The lowest BCUT2D eigenvalue weighted by atomic mass is 10.1. The van der Waals surface area contributed by atoms with Crippen molar-refractivity contribution in [3.05, 3.63) is 63.7 Å². The molecule has 7 nitrogen and oxygen atoms in total. The third kappa shape index (κ3) is 5.74. The molecule has 28 heavy (non-hydrogen) atoms. The van der Waals surface area contributed by atoms with Gasteiger partial charge in [-0.05, 0) is 44.2 Å². The molecule has 0 saturated carbocycles. The van der Waals surface area contributed by atoms with Crippen LogP contribution in [0, 0.1) is 17.0 Å². The molecule has 1 N–H and O–H groups in total. The Morgan fingerprint density at radius 3 is 2.39 bits per heavy atom. The van der Waals surface area contributed by atoms with E-state index in [-0.39, 0.29) is 11.3 Å². The first kappa shape index (κ1) is 21.3. The maximum atomic E-state index is 12.3. The maximum Gasteiger partial charge on any atom is 0.339 e. The van der Waals surface area contributed by atoms with Crippen molar-refractivity contribution in [1.29, 1.82) is 0 Å². The van der Waals surface area contributed by atoms with Gasteiger partial charge in [-0.2, -0.15) is 8.78 Å². The fourth-order valence-corrected chi connectivity index (χ4v) is 2.68. The summed E-state index contributed by atoms with van der Waals surface area (Å²) in [6.07, 6.45) is -1.18. The molecule has 2 rings (SSSR count). The van der Waals surface area contributed by atoms with Crippen molar-refractivity contribution in [2.24, 2.45) is 0 Å². The van der Waals surface area contributed by atoms with E-state index in [9.17, 15) is 28.5 Å². The monoisotopic (exact) mass is 410 g/mol. The van der Waals surface area contributed by atoms with Crippen LogP contribution in [0.3, 0.4) is 0 Å². The van der Waals surface area contributed by atoms with E-state index in [2.05, 4.69) is 5.32 Å². The smallest absolute Gasteiger partial charge is 0.339 e. The van der Waals surface area contributed by atoms with Gasteiger partial charge in [0.1, 0.15) is 0 Å². The third-order valence-electron chi connectivity index (χ3n) is 3.64. The van der Waals surface area contributed by atoms with Crippen molar-refractivity contribution < 1.29 is 28.0 Å². The number of aryl methyl sites for hydroxylation is 1. The first-order chi connectivity index (χ1) is 13.2. The van der Waals surface area contributed by atoms with Crippen LogP contribution in [0.15, 0.2) is 47.4 Å². The van der Waals surface area contributed by atoms with Gasteiger partial charge in [-0.1, -0.05) is 17.8 Å². The Balaban J connectivity index is 1.99. The minimum Gasteiger partial charge on any atom is -0.449 e. The van der Waals surface area contributed by atoms with Crippen LogP contribution in [-0.2, 0) is 9.53 Å². The fraction of sp³-hybridized carbons (Fsp3) is 0.222. The number of anilines is 1. The average molecular weight is 410 g/mol. The van der Waals surface area contributed by atoms with E-state index in [1.165, 1.54) is 50.2 Å². The number of nitrogens with zero attached hydrogens (tertiary/aromatic N) is 1. The fourth-order valence-electron chi connectivity index (χ4n) is 2.18. The van der Waals surface area contributed by atoms with Gasteiger partial charge in [0.2, 0.25) is 0 Å². The number of thioether (sulfide) groups is 1. The van der Waals surface area contributed by atoms with Gasteiger partial charge >= 0.3 is 5.97 Å². The summed E-state index contributed by atoms with van der Waals surface area (Å²) < 4.78 is 29.6. The lowest BCUT2D eigenvalue weighted by Gasteiger charge is -2.14. The molecular formula is C18H16F2N2O5S. The standard InChI is InChI=1S/C18H16F2N2O5S/c1-10-3-4-12(9-15(10)22(25)26)17(24)27-11(2)16(23)21-13-5-7-14(8-6-13)28-18(19)20/h3-9,11,18H,1-2H3,(H,21,23)/t11-/m0/s1. The highest BCUT2D eigenvalue weighted by Gasteiger charge is 2.21. The number of hydrogen-bond donors (Lipinski definition) is 1. The Hall–Kier alpha value is -3.01. The van der Waals surface area contributed by atoms with Gasteiger partial charge in [-0.3, -0.25) is 14.9 Å². The number of hydrogen-bond acceptors (Lipinski definition) is 6. The minimum atomic E-state index is -2.54. The second-order valence-electron chi connectivity index (χ2n) is 5.70. The van der Waals surface area contributed by atoms with Crippen molar-refractivity contribution >= 4 is 35.0 Å². The summed E-state index contributed by atoms with van der Waals surface area (Å²) in [5.41, 5.74) is 0.455. The third-order valence-corrected chi connectivity index (χ3v) is 4.36. The predicted octanol–water partition coefficient (Wildman–Crippen LogP) is 4.40. The normalized spacial score (nSPS) is 11.8. The van der Waals surface area contributed by atoms with E-state index >= 15 is 0 Å². The molecule has 148 valence electrons. The minimum absolute atomic E-state index is 0.0506. The lowest BCUT2D eigenvalue weighted by Crippen LogP contribution is -2.30. The van der Waals surface area contributed by atoms with Gasteiger partial charge in [-0.15, -0.1) is 0 Å². The number of nitro groups is 1. The second kappa shape index (κ2) is 9.27. The van der Waals surface area contributed by atoms with Gasteiger partial charge < -0.3 is 10.1 Å². The van der Waals surface area contributed by atoms with Crippen molar-refractivity contribution in [1.82, 2.24) is 0 Å². The highest BCUT2D eigenvalue weighted by atomic mass is 32.2. The Kier molecular flexibility index (Phi) is 7.05. The van der Waals surface area contributed by atoms with Gasteiger partial charge in [0.15, 0.2) is 6.10 Å². The molecule has 0 spiro atoms. The van der Waals surface area contributed by atoms with Gasteiger partial charge in [0, 0.05) is 22.2 Å². The van der Waals surface area contributed by atoms with Crippen LogP contribution in [0.4, 0.5) is 20.2 Å². The number of alkyl halides is 2. The quantitative estimate of drug-likeness (QED) is 0.314. The molecule has 0 heterocycles. The molecule has 0 aliphatic rings. The van der Waals surface area contributed by atoms with Gasteiger partial charge in [-0.25, -0.2) is 4.79 Å². The number of benzene rings is 2. The van der Waals surface area contributed by atoms with Crippen LogP contribution in [0.25, 0.3) is 0 Å². The van der Waals surface area contributed by atoms with E-state index in [1.54, 1.807) is 0 Å². The zero-order chi connectivity index (χ0) is 20.8. The summed E-state index contributed by atoms with van der Waals surface area (Å²) in [6.45, 7) is 2.88. The van der Waals surface area contributed by atoms with Crippen molar-refractivity contribution in [2.45, 2.75) is 30.6 Å². The number of amides is 1. The van der Waals surface area contributed by atoms with E-state index in [0.717, 1.165) is 6.07 Å². The molecule has 10 heteroatoms. The highest BCUT2D eigenvalue weighted by Crippen LogP contribution is 2.26. The first-order valence-electron chi connectivity index (χ1n) is 7.99. The number of nitro benzene ring substituents is 1. The number of nitrogens with one attached hydrogen (secondary N) is 1. The summed E-state index contributed by atoms with van der Waals surface area (Å²) in [4.78, 5) is 35.0. The molecule has 1 amide bonds. The number of halogens is 2. The average Bonchev–Trinajstić information content (AvgIpc) is 2.62. The number of carbonyl (C=O) groups is 2. The maximum absolute atomic E-state index is 12.3. The largest absolute Gasteiger partial charge is 0.449 e. The van der Waals surface area contributed by atoms with E-state index < -0.39 is 28.7 Å². The molecule has 2 aromatic rings. The Morgan fingerprint density at radius 1 is 1.18 bits per heavy atom. The number of carbonyl (C=O) groups excluding carboxylic acids is 2. The molecule has 0 aliphatic carbocycles. The molecule has 0 saturated heterocycles. The first-order valence-corrected chi connectivity index (χ1v) is 8.87. The molecule has 0 aliphatic heterocycles. The summed E-state index contributed by atoms with van der Waals surface area (Å²) >= 11 is 0.379. The topological polar surface area (TPSA) is 98.5 Å². The van der Waals surface area contributed by atoms with E-state index in [1.807, 2.05) is 0 Å². The van der Waals surface area contributed by atoms with E-state index in [4.69, 9.17) is 4.74 Å². The van der Waals surface area contributed by atoms with Crippen LogP contribution in [0.1, 0.15) is 22.8 Å². The van der Waals surface area contributed by atoms with Crippen LogP contribution < -0.4 is 5.32 Å². The molecular weight excluding hydrogens is 394 g/mol. The molecule has 0 unspecified atom stereocenters. The SMILES string of the molecule is Cc1ccc(C(=O)O[C@@H](C)C(=O)Nc2ccc(SC(F)F)cc2)cc1[N+](=O)[O-].